The highest BCUT2D eigenvalue weighted by molar-refractivity contribution is 6.37. The Kier molecular flexibility index (Phi) is 7.00. The lowest BCUT2D eigenvalue weighted by molar-refractivity contribution is -0.384. The average molecular weight is 496 g/mol. The van der Waals surface area contributed by atoms with E-state index in [9.17, 15) is 14.9 Å². The summed E-state index contributed by atoms with van der Waals surface area (Å²) in [5.74, 6) is -0.214. The van der Waals surface area contributed by atoms with Crippen molar-refractivity contribution in [3.8, 4) is 0 Å². The molecule has 0 aliphatic carbocycles. The molecule has 0 radical (unpaired) electrons. The Morgan fingerprint density at radius 1 is 1.06 bits per heavy atom. The zero-order chi connectivity index (χ0) is 24.4. The smallest absolute Gasteiger partial charge is 0.269 e. The molecule has 0 saturated heterocycles. The van der Waals surface area contributed by atoms with E-state index in [1.165, 1.54) is 12.1 Å². The predicted octanol–water partition coefficient (Wildman–Crippen LogP) is 6.70. The highest BCUT2D eigenvalue weighted by Crippen LogP contribution is 2.35. The number of carbonyl (C=O) groups is 1. The Bertz CT molecular complexity index is 1290. The predicted molar refractivity (Wildman–Crippen MR) is 136 cm³/mol. The summed E-state index contributed by atoms with van der Waals surface area (Å²) in [6, 6.07) is 18.3. The van der Waals surface area contributed by atoms with Gasteiger partial charge >= 0.3 is 0 Å². The van der Waals surface area contributed by atoms with E-state index < -0.39 is 11.0 Å². The van der Waals surface area contributed by atoms with E-state index in [0.29, 0.717) is 38.1 Å². The first-order valence-electron chi connectivity index (χ1n) is 11.0. The zero-order valence-corrected chi connectivity index (χ0v) is 20.3. The molecule has 1 amide bonds. The molecule has 0 spiro atoms. The van der Waals surface area contributed by atoms with Gasteiger partial charge in [0.1, 0.15) is 6.04 Å². The van der Waals surface area contributed by atoms with E-state index in [1.54, 1.807) is 41.3 Å². The molecule has 0 unspecified atom stereocenters. The quantitative estimate of drug-likeness (QED) is 0.282. The van der Waals surface area contributed by atoms with Gasteiger partial charge in [0.15, 0.2) is 0 Å². The van der Waals surface area contributed by atoms with Gasteiger partial charge in [-0.2, -0.15) is 0 Å². The van der Waals surface area contributed by atoms with Crippen LogP contribution in [0.2, 0.25) is 10.0 Å². The Balaban J connectivity index is 1.92. The molecule has 0 N–H and O–H groups in total. The van der Waals surface area contributed by atoms with Gasteiger partial charge in [0.2, 0.25) is 0 Å². The van der Waals surface area contributed by atoms with Crippen molar-refractivity contribution in [2.24, 2.45) is 10.9 Å². The Hall–Kier alpha value is -3.22. The van der Waals surface area contributed by atoms with Crippen molar-refractivity contribution >= 4 is 46.2 Å². The minimum Gasteiger partial charge on any atom is -0.305 e. The van der Waals surface area contributed by atoms with Crippen LogP contribution in [-0.4, -0.2) is 22.6 Å². The number of non-ortho nitro benzene ring substituents is 1. The van der Waals surface area contributed by atoms with Gasteiger partial charge in [0.05, 0.1) is 22.9 Å². The second kappa shape index (κ2) is 9.95. The van der Waals surface area contributed by atoms with Crippen LogP contribution in [0.1, 0.15) is 37.0 Å². The lowest BCUT2D eigenvalue weighted by Gasteiger charge is -2.27. The van der Waals surface area contributed by atoms with E-state index in [0.717, 1.165) is 6.42 Å². The molecule has 2 atom stereocenters. The number of anilines is 1. The SMILES string of the molecule is CC[C@H](C)[C@@H]1N=C(c2ccccc2Cl)c2cc(Cl)ccc2N(Cc2cccc([N+](=O)[O-])c2)C1=O. The summed E-state index contributed by atoms with van der Waals surface area (Å²) in [5.41, 5.74) is 3.25. The molecule has 0 aromatic heterocycles. The maximum Gasteiger partial charge on any atom is 0.269 e. The Morgan fingerprint density at radius 3 is 2.53 bits per heavy atom. The summed E-state index contributed by atoms with van der Waals surface area (Å²) in [4.78, 5) is 31.3. The molecule has 4 rings (SSSR count). The molecule has 3 aromatic carbocycles. The van der Waals surface area contributed by atoms with Crippen LogP contribution in [-0.2, 0) is 11.3 Å². The number of halogens is 2. The normalized spacial score (nSPS) is 16.5. The maximum atomic E-state index is 13.9. The Morgan fingerprint density at radius 2 is 1.82 bits per heavy atom. The number of benzene rings is 3. The Labute approximate surface area is 208 Å². The van der Waals surface area contributed by atoms with E-state index in [4.69, 9.17) is 28.2 Å². The largest absolute Gasteiger partial charge is 0.305 e. The van der Waals surface area contributed by atoms with Crippen LogP contribution in [0.5, 0.6) is 0 Å². The maximum absolute atomic E-state index is 13.9. The van der Waals surface area contributed by atoms with Gasteiger partial charge in [-0.3, -0.25) is 19.9 Å². The monoisotopic (exact) mass is 495 g/mol. The van der Waals surface area contributed by atoms with Gasteiger partial charge in [-0.15, -0.1) is 0 Å². The number of nitro groups is 1. The van der Waals surface area contributed by atoms with E-state index >= 15 is 0 Å². The third-order valence-corrected chi connectivity index (χ3v) is 6.63. The number of rotatable bonds is 6. The van der Waals surface area contributed by atoms with Crippen LogP contribution in [0.3, 0.4) is 0 Å². The number of carbonyl (C=O) groups excluding carboxylic acids is 1. The van der Waals surface area contributed by atoms with Gasteiger partial charge < -0.3 is 4.90 Å². The lowest BCUT2D eigenvalue weighted by atomic mass is 9.97. The van der Waals surface area contributed by atoms with Crippen molar-refractivity contribution in [1.29, 1.82) is 0 Å². The van der Waals surface area contributed by atoms with Crippen LogP contribution in [0.15, 0.2) is 71.7 Å². The molecule has 34 heavy (non-hydrogen) atoms. The van der Waals surface area contributed by atoms with Crippen molar-refractivity contribution in [2.75, 3.05) is 4.90 Å². The third-order valence-electron chi connectivity index (χ3n) is 6.07. The van der Waals surface area contributed by atoms with Gasteiger partial charge in [-0.1, -0.05) is 73.8 Å². The van der Waals surface area contributed by atoms with Crippen molar-refractivity contribution < 1.29 is 9.72 Å². The lowest BCUT2D eigenvalue weighted by Crippen LogP contribution is -2.40. The fraction of sp³-hybridized carbons (Fsp3) is 0.231. The number of benzodiazepines with no additional fused rings is 1. The first-order valence-corrected chi connectivity index (χ1v) is 11.7. The number of fused-ring (bicyclic) bond motifs is 1. The fourth-order valence-corrected chi connectivity index (χ4v) is 4.45. The molecule has 3 aromatic rings. The summed E-state index contributed by atoms with van der Waals surface area (Å²) in [7, 11) is 0. The zero-order valence-electron chi connectivity index (χ0n) is 18.7. The fourth-order valence-electron chi connectivity index (χ4n) is 4.05. The van der Waals surface area contributed by atoms with E-state index in [1.807, 2.05) is 32.0 Å². The summed E-state index contributed by atoms with van der Waals surface area (Å²) in [6.07, 6.45) is 0.747. The molecule has 0 bridgehead atoms. The third kappa shape index (κ3) is 4.69. The summed E-state index contributed by atoms with van der Waals surface area (Å²) >= 11 is 12.9. The van der Waals surface area contributed by atoms with E-state index in [-0.39, 0.29) is 24.1 Å². The molecule has 174 valence electrons. The van der Waals surface area contributed by atoms with Gasteiger partial charge in [-0.25, -0.2) is 0 Å². The molecule has 1 aliphatic rings. The van der Waals surface area contributed by atoms with Crippen molar-refractivity contribution in [2.45, 2.75) is 32.9 Å². The highest BCUT2D eigenvalue weighted by atomic mass is 35.5. The molecule has 0 fully saturated rings. The van der Waals surface area contributed by atoms with Crippen LogP contribution < -0.4 is 4.90 Å². The molecule has 8 heteroatoms. The molecule has 6 nitrogen and oxygen atoms in total. The highest BCUT2D eigenvalue weighted by Gasteiger charge is 2.35. The van der Waals surface area contributed by atoms with Gasteiger partial charge in [0.25, 0.3) is 11.6 Å². The second-order valence-electron chi connectivity index (χ2n) is 8.30. The first-order chi connectivity index (χ1) is 16.3. The number of hydrogen-bond donors (Lipinski definition) is 0. The number of aliphatic imine (C=N–C) groups is 1. The molecule has 1 aliphatic heterocycles. The summed E-state index contributed by atoms with van der Waals surface area (Å²) in [6.45, 7) is 4.17. The molecular weight excluding hydrogens is 473 g/mol. The number of amides is 1. The standard InChI is InChI=1S/C26H23Cl2N3O3/c1-3-16(2)24-26(32)30(15-17-7-6-8-19(13-17)31(33)34)23-12-11-18(27)14-21(23)25(29-24)20-9-4-5-10-22(20)28/h4-14,16,24H,3,15H2,1-2H3/t16-,24-/m0/s1. The van der Waals surface area contributed by atoms with Gasteiger partial charge in [0, 0.05) is 33.3 Å². The molecule has 0 saturated carbocycles. The van der Waals surface area contributed by atoms with Crippen molar-refractivity contribution in [3.63, 3.8) is 0 Å². The molecule has 1 heterocycles. The minimum atomic E-state index is -0.652. The number of nitro benzene ring substituents is 1. The summed E-state index contributed by atoms with van der Waals surface area (Å²) < 4.78 is 0. The first kappa shape index (κ1) is 23.9. The molecular formula is C26H23Cl2N3O3. The number of nitrogens with zero attached hydrogens (tertiary/aromatic N) is 3. The topological polar surface area (TPSA) is 75.8 Å². The van der Waals surface area contributed by atoms with Crippen LogP contribution in [0.4, 0.5) is 11.4 Å². The van der Waals surface area contributed by atoms with Crippen molar-refractivity contribution in [3.05, 3.63) is 104 Å². The van der Waals surface area contributed by atoms with E-state index in [2.05, 4.69) is 0 Å². The minimum absolute atomic E-state index is 0.0254. The van der Waals surface area contributed by atoms with Crippen LogP contribution in [0, 0.1) is 16.0 Å². The average Bonchev–Trinajstić information content (AvgIpc) is 2.94. The summed E-state index contributed by atoms with van der Waals surface area (Å²) in [5, 5.41) is 12.3. The number of hydrogen-bond acceptors (Lipinski definition) is 4. The van der Waals surface area contributed by atoms with Crippen LogP contribution in [0.25, 0.3) is 0 Å². The second-order valence-corrected chi connectivity index (χ2v) is 9.14. The van der Waals surface area contributed by atoms with Crippen LogP contribution >= 0.6 is 23.2 Å². The van der Waals surface area contributed by atoms with Crippen molar-refractivity contribution in [1.82, 2.24) is 0 Å². The van der Waals surface area contributed by atoms with Gasteiger partial charge in [-0.05, 0) is 35.7 Å².